The van der Waals surface area contributed by atoms with Crippen LogP contribution in [0.1, 0.15) is 12.8 Å². The van der Waals surface area contributed by atoms with Crippen molar-refractivity contribution in [3.05, 3.63) is 97.1 Å². The van der Waals surface area contributed by atoms with Crippen molar-refractivity contribution >= 4 is 77.5 Å². The molecule has 256 valence electrons. The zero-order chi connectivity index (χ0) is 35.1. The van der Waals surface area contributed by atoms with Crippen LogP contribution in [0.25, 0.3) is 0 Å². The third-order valence-electron chi connectivity index (χ3n) is 8.08. The van der Waals surface area contributed by atoms with Gasteiger partial charge in [-0.1, -0.05) is 48.5 Å². The summed E-state index contributed by atoms with van der Waals surface area (Å²) in [5, 5.41) is 1.88. The smallest absolute Gasteiger partial charge is 0.744 e. The first-order chi connectivity index (χ1) is 22.3. The Morgan fingerprint density at radius 3 is 0.808 bits per heavy atom. The minimum atomic E-state index is -4.82. The van der Waals surface area contributed by atoms with Gasteiger partial charge in [-0.25, -0.2) is 33.7 Å². The molecule has 4 aromatic carbocycles. The summed E-state index contributed by atoms with van der Waals surface area (Å²) >= 11 is 0. The second-order valence-corrected chi connectivity index (χ2v) is 21.2. The Hall–Kier alpha value is 1.38. The molecule has 12 nitrogen and oxygen atoms in total. The Kier molecular flexibility index (Phi) is 20.6. The van der Waals surface area contributed by atoms with E-state index < -0.39 is 75.9 Å². The SMILES string of the molecule is O=S(=O)([O-])c1cccc(P(C[C@@H]2CC[C@H]2CP(c2cccc(S(=O)(=O)[O-])c2)c2cccc(S(=O)(=O)[O-])c2)c2cccc(S(=O)(=O)[O-])c2)c1.[Na+].[Na+].[Na+].[Na+]. The predicted molar refractivity (Wildman–Crippen MR) is 176 cm³/mol. The van der Waals surface area contributed by atoms with E-state index in [2.05, 4.69) is 0 Å². The Labute approximate surface area is 395 Å². The van der Waals surface area contributed by atoms with E-state index in [9.17, 15) is 51.9 Å². The quantitative estimate of drug-likeness (QED) is 0.0735. The Morgan fingerprint density at radius 2 is 0.635 bits per heavy atom. The molecule has 0 amide bonds. The molecule has 0 heterocycles. The Balaban J connectivity index is 0.00000338. The third kappa shape index (κ3) is 13.5. The second-order valence-electron chi connectivity index (χ2n) is 11.1. The molecule has 0 saturated heterocycles. The van der Waals surface area contributed by atoms with Crippen molar-refractivity contribution < 1.29 is 170 Å². The largest absolute Gasteiger partial charge is 1.00 e. The predicted octanol–water partition coefficient (Wildman–Crippen LogP) is -10.1. The average Bonchev–Trinajstić information content (AvgIpc) is 3.00. The van der Waals surface area contributed by atoms with Crippen LogP contribution in [0.2, 0.25) is 0 Å². The summed E-state index contributed by atoms with van der Waals surface area (Å²) in [5.41, 5.74) is 0. The molecule has 1 fully saturated rings. The molecule has 22 heteroatoms. The normalized spacial score (nSPS) is 16.0. The molecule has 0 bridgehead atoms. The van der Waals surface area contributed by atoms with Crippen LogP contribution in [-0.2, 0) is 40.5 Å². The van der Waals surface area contributed by atoms with Crippen molar-refractivity contribution in [2.45, 2.75) is 32.4 Å². The number of benzene rings is 4. The molecule has 0 N–H and O–H groups in total. The second kappa shape index (κ2) is 20.9. The summed E-state index contributed by atoms with van der Waals surface area (Å²) in [5.74, 6) is -0.113. The van der Waals surface area contributed by atoms with Crippen LogP contribution in [-0.4, -0.2) is 64.2 Å². The fourth-order valence-corrected chi connectivity index (χ4v) is 13.5. The molecule has 0 unspecified atom stereocenters. The van der Waals surface area contributed by atoms with Gasteiger partial charge >= 0.3 is 118 Å². The maximum atomic E-state index is 11.9. The van der Waals surface area contributed by atoms with Crippen molar-refractivity contribution in [1.82, 2.24) is 0 Å². The van der Waals surface area contributed by atoms with Gasteiger partial charge < -0.3 is 18.2 Å². The van der Waals surface area contributed by atoms with Crippen molar-refractivity contribution in [3.63, 3.8) is 0 Å². The fraction of sp³-hybridized carbons (Fsp3) is 0.200. The molecule has 2 atom stereocenters. The van der Waals surface area contributed by atoms with E-state index in [-0.39, 0.29) is 130 Å². The summed E-state index contributed by atoms with van der Waals surface area (Å²) in [6, 6.07) is 21.8. The number of hydrogen-bond donors (Lipinski definition) is 0. The summed E-state index contributed by atoms with van der Waals surface area (Å²) in [4.78, 5) is -1.85. The molecule has 52 heavy (non-hydrogen) atoms. The number of rotatable bonds is 12. The molecule has 1 aliphatic rings. The Morgan fingerprint density at radius 1 is 0.423 bits per heavy atom. The Bertz CT molecular complexity index is 2000. The van der Waals surface area contributed by atoms with Crippen molar-refractivity contribution in [2.24, 2.45) is 11.8 Å². The zero-order valence-electron chi connectivity index (χ0n) is 28.6. The van der Waals surface area contributed by atoms with Crippen LogP contribution in [0, 0.1) is 11.8 Å². The molecule has 1 aliphatic carbocycles. The molecule has 0 aromatic heterocycles. The van der Waals surface area contributed by atoms with Gasteiger partial charge in [-0.2, -0.15) is 0 Å². The van der Waals surface area contributed by atoms with Gasteiger partial charge in [0, 0.05) is 0 Å². The first kappa shape index (κ1) is 51.4. The number of hydrogen-bond acceptors (Lipinski definition) is 12. The average molecular weight is 861 g/mol. The van der Waals surface area contributed by atoms with Gasteiger partial charge in [-0.3, -0.25) is 0 Å². The summed E-state index contributed by atoms with van der Waals surface area (Å²) < 4.78 is 142. The van der Waals surface area contributed by atoms with Gasteiger partial charge in [0.1, 0.15) is 40.5 Å². The monoisotopic (exact) mass is 860 g/mol. The van der Waals surface area contributed by atoms with Crippen LogP contribution in [0.5, 0.6) is 0 Å². The van der Waals surface area contributed by atoms with E-state index in [0.29, 0.717) is 46.4 Å². The van der Waals surface area contributed by atoms with Crippen LogP contribution < -0.4 is 139 Å². The molecule has 5 rings (SSSR count). The molecular weight excluding hydrogens is 834 g/mol. The molecule has 4 aromatic rings. The summed E-state index contributed by atoms with van der Waals surface area (Å²) in [6.45, 7) is 0. The fourth-order valence-electron chi connectivity index (χ4n) is 5.54. The van der Waals surface area contributed by atoms with Gasteiger partial charge in [-0.05, 0) is 123 Å². The molecule has 0 radical (unpaired) electrons. The van der Waals surface area contributed by atoms with Gasteiger partial charge in [0.15, 0.2) is 0 Å². The summed E-state index contributed by atoms with van der Waals surface area (Å²) in [7, 11) is -22.3. The van der Waals surface area contributed by atoms with Crippen LogP contribution in [0.15, 0.2) is 117 Å². The zero-order valence-corrected chi connectivity index (χ0v) is 41.7. The van der Waals surface area contributed by atoms with Crippen LogP contribution in [0.4, 0.5) is 0 Å². The van der Waals surface area contributed by atoms with E-state index >= 15 is 0 Å². The molecule has 1 saturated carbocycles. The molecule has 0 spiro atoms. The maximum Gasteiger partial charge on any atom is 1.00 e. The first-order valence-corrected chi connectivity index (χ1v) is 22.8. The standard InChI is InChI=1S/C30H30O12P2S4.4Na/c31-45(32,33)27-9-1-5-23(15-27)43(24-6-2-10-28(16-24)46(34,35)36)19-21-13-14-22(21)20-44(25-7-3-11-29(17-25)47(37,38)39)26-8-4-12-30(18-26)48(40,41)42;;;;/h1-12,15-18,21-22H,13-14,19-20H2,(H,31,32,33)(H,34,35,36)(H,37,38,39)(H,40,41,42);;;;/q;4*+1/p-4/t21-,22-;;;;/m0..../s1. The van der Waals surface area contributed by atoms with Crippen molar-refractivity contribution in [2.75, 3.05) is 12.3 Å². The van der Waals surface area contributed by atoms with E-state index in [1.165, 1.54) is 48.5 Å². The first-order valence-electron chi connectivity index (χ1n) is 14.1. The van der Waals surface area contributed by atoms with Crippen LogP contribution in [0.3, 0.4) is 0 Å². The van der Waals surface area contributed by atoms with E-state index in [4.69, 9.17) is 0 Å². The van der Waals surface area contributed by atoms with Gasteiger partial charge in [0.25, 0.3) is 0 Å². The van der Waals surface area contributed by atoms with Crippen molar-refractivity contribution in [3.8, 4) is 0 Å². The molecular formula is C30H26Na4O12P2S4. The minimum Gasteiger partial charge on any atom is -0.744 e. The summed E-state index contributed by atoms with van der Waals surface area (Å²) in [6.07, 6.45) is 2.21. The molecule has 0 aliphatic heterocycles. The maximum absolute atomic E-state index is 11.9. The third-order valence-corrected chi connectivity index (χ3v) is 16.7. The van der Waals surface area contributed by atoms with E-state index in [1.54, 1.807) is 24.3 Å². The van der Waals surface area contributed by atoms with E-state index in [0.717, 1.165) is 24.3 Å². The van der Waals surface area contributed by atoms with Gasteiger partial charge in [0.2, 0.25) is 0 Å². The van der Waals surface area contributed by atoms with E-state index in [1.807, 2.05) is 0 Å². The van der Waals surface area contributed by atoms with Gasteiger partial charge in [-0.15, -0.1) is 0 Å². The van der Waals surface area contributed by atoms with Crippen molar-refractivity contribution in [1.29, 1.82) is 0 Å². The van der Waals surface area contributed by atoms with Crippen LogP contribution >= 0.6 is 15.8 Å². The van der Waals surface area contributed by atoms with Gasteiger partial charge in [0.05, 0.1) is 19.6 Å². The topological polar surface area (TPSA) is 229 Å². The minimum absolute atomic E-state index is 0.